The Bertz CT molecular complexity index is 276. The van der Waals surface area contributed by atoms with Crippen molar-refractivity contribution in [1.82, 2.24) is 15.5 Å². The maximum Gasteiger partial charge on any atom is 0.231 e. The third-order valence-corrected chi connectivity index (χ3v) is 2.55. The first-order valence-corrected chi connectivity index (χ1v) is 4.79. The van der Waals surface area contributed by atoms with Gasteiger partial charge in [-0.3, -0.25) is 0 Å². The van der Waals surface area contributed by atoms with Crippen LogP contribution in [0.2, 0.25) is 0 Å². The van der Waals surface area contributed by atoms with Crippen LogP contribution >= 0.6 is 0 Å². The third kappa shape index (κ3) is 1.88. The molecule has 1 aromatic rings. The van der Waals surface area contributed by atoms with Crippen molar-refractivity contribution in [1.29, 1.82) is 0 Å². The number of rotatable bonds is 1. The van der Waals surface area contributed by atoms with Crippen molar-refractivity contribution in [2.24, 2.45) is 0 Å². The standard InChI is InChI=1S/C9H15N3O/c1-6-3-4-8(5-10-6)9-11-7(2)12-13-9/h6,8,10H,3-5H2,1-2H3/t6-,8?/m0/s1. The molecule has 0 aliphatic carbocycles. The maximum atomic E-state index is 5.14. The van der Waals surface area contributed by atoms with E-state index in [1.54, 1.807) is 0 Å². The van der Waals surface area contributed by atoms with Crippen LogP contribution in [0.3, 0.4) is 0 Å². The molecule has 1 N–H and O–H groups in total. The number of piperidine rings is 1. The van der Waals surface area contributed by atoms with E-state index in [9.17, 15) is 0 Å². The van der Waals surface area contributed by atoms with E-state index in [0.29, 0.717) is 12.0 Å². The van der Waals surface area contributed by atoms with Gasteiger partial charge in [0.2, 0.25) is 5.89 Å². The summed E-state index contributed by atoms with van der Waals surface area (Å²) < 4.78 is 5.14. The molecule has 2 atom stereocenters. The zero-order valence-corrected chi connectivity index (χ0v) is 8.08. The lowest BCUT2D eigenvalue weighted by atomic mass is 9.95. The first-order chi connectivity index (χ1) is 6.25. The minimum atomic E-state index is 0.414. The van der Waals surface area contributed by atoms with Gasteiger partial charge in [-0.1, -0.05) is 5.16 Å². The summed E-state index contributed by atoms with van der Waals surface area (Å²) >= 11 is 0. The molecule has 4 nitrogen and oxygen atoms in total. The van der Waals surface area contributed by atoms with Crippen LogP contribution in [0.5, 0.6) is 0 Å². The lowest BCUT2D eigenvalue weighted by molar-refractivity contribution is 0.300. The van der Waals surface area contributed by atoms with Gasteiger partial charge in [-0.25, -0.2) is 0 Å². The largest absolute Gasteiger partial charge is 0.339 e. The fourth-order valence-corrected chi connectivity index (χ4v) is 1.69. The molecule has 0 spiro atoms. The summed E-state index contributed by atoms with van der Waals surface area (Å²) in [6, 6.07) is 0.625. The highest BCUT2D eigenvalue weighted by Crippen LogP contribution is 2.23. The molecule has 4 heteroatoms. The van der Waals surface area contributed by atoms with Crippen LogP contribution in [0, 0.1) is 6.92 Å². The summed E-state index contributed by atoms with van der Waals surface area (Å²) in [5.74, 6) is 1.93. The summed E-state index contributed by atoms with van der Waals surface area (Å²) in [6.45, 7) is 5.02. The Morgan fingerprint density at radius 1 is 1.46 bits per heavy atom. The molecule has 0 radical (unpaired) electrons. The minimum absolute atomic E-state index is 0.414. The molecular formula is C9H15N3O. The highest BCUT2D eigenvalue weighted by molar-refractivity contribution is 4.96. The number of aryl methyl sites for hydroxylation is 1. The normalized spacial score (nSPS) is 29.1. The molecule has 0 bridgehead atoms. The molecule has 1 fully saturated rings. The number of nitrogens with one attached hydrogen (secondary N) is 1. The molecule has 1 saturated heterocycles. The Balaban J connectivity index is 2.02. The predicted octanol–water partition coefficient (Wildman–Crippen LogP) is 1.23. The molecule has 0 amide bonds. The van der Waals surface area contributed by atoms with Crippen LogP contribution in [0.25, 0.3) is 0 Å². The van der Waals surface area contributed by atoms with Crippen molar-refractivity contribution in [2.45, 2.75) is 38.6 Å². The van der Waals surface area contributed by atoms with E-state index in [0.717, 1.165) is 24.7 Å². The van der Waals surface area contributed by atoms with Crippen LogP contribution in [-0.4, -0.2) is 22.7 Å². The van der Waals surface area contributed by atoms with Gasteiger partial charge < -0.3 is 9.84 Å². The van der Waals surface area contributed by atoms with Crippen molar-refractivity contribution in [3.05, 3.63) is 11.7 Å². The van der Waals surface area contributed by atoms with E-state index in [2.05, 4.69) is 22.4 Å². The fourth-order valence-electron chi connectivity index (χ4n) is 1.69. The Morgan fingerprint density at radius 3 is 2.85 bits per heavy atom. The van der Waals surface area contributed by atoms with Crippen molar-refractivity contribution >= 4 is 0 Å². The summed E-state index contributed by atoms with van der Waals surface area (Å²) in [5, 5.41) is 7.21. The average molecular weight is 181 g/mol. The zero-order valence-electron chi connectivity index (χ0n) is 8.08. The van der Waals surface area contributed by atoms with E-state index < -0.39 is 0 Å². The Morgan fingerprint density at radius 2 is 2.31 bits per heavy atom. The van der Waals surface area contributed by atoms with Crippen molar-refractivity contribution < 1.29 is 4.52 Å². The summed E-state index contributed by atoms with van der Waals surface area (Å²) in [5.41, 5.74) is 0. The second-order valence-electron chi connectivity index (χ2n) is 3.76. The molecule has 13 heavy (non-hydrogen) atoms. The van der Waals surface area contributed by atoms with Crippen LogP contribution in [-0.2, 0) is 0 Å². The van der Waals surface area contributed by atoms with Gasteiger partial charge in [-0.2, -0.15) is 4.98 Å². The molecule has 1 aliphatic rings. The summed E-state index contributed by atoms with van der Waals surface area (Å²) in [4.78, 5) is 4.24. The number of nitrogens with zero attached hydrogens (tertiary/aromatic N) is 2. The Kier molecular flexibility index (Phi) is 2.31. The van der Waals surface area contributed by atoms with Gasteiger partial charge in [0.25, 0.3) is 0 Å². The molecule has 0 aromatic carbocycles. The number of aromatic nitrogens is 2. The highest BCUT2D eigenvalue weighted by atomic mass is 16.5. The molecular weight excluding hydrogens is 166 g/mol. The van der Waals surface area contributed by atoms with Crippen molar-refractivity contribution in [3.8, 4) is 0 Å². The Labute approximate surface area is 77.7 Å². The van der Waals surface area contributed by atoms with E-state index in [4.69, 9.17) is 4.52 Å². The van der Waals surface area contributed by atoms with Crippen molar-refractivity contribution in [3.63, 3.8) is 0 Å². The molecule has 72 valence electrons. The number of hydrogen-bond acceptors (Lipinski definition) is 4. The van der Waals surface area contributed by atoms with Crippen molar-refractivity contribution in [2.75, 3.05) is 6.54 Å². The van der Waals surface area contributed by atoms with Crippen LogP contribution < -0.4 is 5.32 Å². The zero-order chi connectivity index (χ0) is 9.26. The van der Waals surface area contributed by atoms with Crippen LogP contribution in [0.15, 0.2) is 4.52 Å². The molecule has 1 aliphatic heterocycles. The average Bonchev–Trinajstić information content (AvgIpc) is 2.53. The smallest absolute Gasteiger partial charge is 0.231 e. The molecule has 2 rings (SSSR count). The third-order valence-electron chi connectivity index (χ3n) is 2.55. The molecule has 2 heterocycles. The Hall–Kier alpha value is -0.900. The van der Waals surface area contributed by atoms with Gasteiger partial charge >= 0.3 is 0 Å². The maximum absolute atomic E-state index is 5.14. The van der Waals surface area contributed by atoms with E-state index in [-0.39, 0.29) is 0 Å². The van der Waals surface area contributed by atoms with Gasteiger partial charge in [0.15, 0.2) is 5.82 Å². The first kappa shape index (κ1) is 8.69. The van der Waals surface area contributed by atoms with E-state index in [1.165, 1.54) is 6.42 Å². The van der Waals surface area contributed by atoms with Gasteiger partial charge in [0.05, 0.1) is 5.92 Å². The fraction of sp³-hybridized carbons (Fsp3) is 0.778. The van der Waals surface area contributed by atoms with Crippen LogP contribution in [0.4, 0.5) is 0 Å². The molecule has 0 saturated carbocycles. The minimum Gasteiger partial charge on any atom is -0.339 e. The SMILES string of the molecule is Cc1noc(C2CC[C@H](C)NC2)n1. The van der Waals surface area contributed by atoms with Gasteiger partial charge in [0, 0.05) is 12.6 Å². The lowest BCUT2D eigenvalue weighted by Crippen LogP contribution is -2.35. The van der Waals surface area contributed by atoms with E-state index >= 15 is 0 Å². The monoisotopic (exact) mass is 181 g/mol. The van der Waals surface area contributed by atoms with Crippen LogP contribution in [0.1, 0.15) is 37.4 Å². The van der Waals surface area contributed by atoms with Gasteiger partial charge in [0.1, 0.15) is 0 Å². The highest BCUT2D eigenvalue weighted by Gasteiger charge is 2.23. The first-order valence-electron chi connectivity index (χ1n) is 4.79. The van der Waals surface area contributed by atoms with Gasteiger partial charge in [-0.15, -0.1) is 0 Å². The summed E-state index contributed by atoms with van der Waals surface area (Å²) in [7, 11) is 0. The quantitative estimate of drug-likeness (QED) is 0.708. The summed E-state index contributed by atoms with van der Waals surface area (Å²) in [6.07, 6.45) is 2.34. The molecule has 1 aromatic heterocycles. The topological polar surface area (TPSA) is 51.0 Å². The van der Waals surface area contributed by atoms with Gasteiger partial charge in [-0.05, 0) is 26.7 Å². The second-order valence-corrected chi connectivity index (χ2v) is 3.76. The van der Waals surface area contributed by atoms with E-state index in [1.807, 2.05) is 6.92 Å². The second kappa shape index (κ2) is 3.46. The molecule has 1 unspecified atom stereocenters. The predicted molar refractivity (Wildman–Crippen MR) is 48.5 cm³/mol. The lowest BCUT2D eigenvalue weighted by Gasteiger charge is -2.24. The number of hydrogen-bond donors (Lipinski definition) is 1.